The van der Waals surface area contributed by atoms with Crippen molar-refractivity contribution in [2.24, 2.45) is 23.2 Å². The van der Waals surface area contributed by atoms with E-state index in [9.17, 15) is 28.8 Å². The predicted molar refractivity (Wildman–Crippen MR) is 225 cm³/mol. The van der Waals surface area contributed by atoms with E-state index in [4.69, 9.17) is 0 Å². The molecule has 5 rings (SSSR count). The van der Waals surface area contributed by atoms with Crippen LogP contribution in [-0.4, -0.2) is 86.9 Å². The van der Waals surface area contributed by atoms with E-state index in [-0.39, 0.29) is 90.7 Å². The Labute approximate surface area is 343 Å². The van der Waals surface area contributed by atoms with Crippen molar-refractivity contribution in [1.29, 1.82) is 0 Å². The zero-order valence-corrected chi connectivity index (χ0v) is 33.8. The number of fused-ring (bicyclic) bond motifs is 1. The lowest BCUT2D eigenvalue weighted by atomic mass is 9.82. The van der Waals surface area contributed by atoms with Crippen LogP contribution in [0.5, 0.6) is 0 Å². The summed E-state index contributed by atoms with van der Waals surface area (Å²) in [6.45, 7) is 7.85. The van der Waals surface area contributed by atoms with Crippen molar-refractivity contribution in [3.63, 3.8) is 0 Å². The maximum Gasteiger partial charge on any atom is 0.289 e. The third kappa shape index (κ3) is 12.6. The van der Waals surface area contributed by atoms with Gasteiger partial charge in [0.2, 0.25) is 23.5 Å². The molecule has 308 valence electrons. The molecule has 0 radical (unpaired) electrons. The van der Waals surface area contributed by atoms with Crippen molar-refractivity contribution in [3.05, 3.63) is 24.3 Å². The van der Waals surface area contributed by atoms with Crippen LogP contribution in [0, 0.1) is 23.2 Å². The molecule has 4 N–H and O–H groups in total. The Morgan fingerprint density at radius 1 is 0.852 bits per heavy atom. The molecule has 0 aromatic carbocycles. The highest BCUT2D eigenvalue weighted by Gasteiger charge is 2.52. The molecule has 54 heavy (non-hydrogen) atoms. The quantitative estimate of drug-likeness (QED) is 0.216. The molecule has 0 spiro atoms. The van der Waals surface area contributed by atoms with Gasteiger partial charge in [0.05, 0.1) is 12.2 Å². The Bertz CT molecular complexity index is 1410. The lowest BCUT2D eigenvalue weighted by Crippen LogP contribution is -2.62. The van der Waals surface area contributed by atoms with Crippen molar-refractivity contribution < 1.29 is 28.8 Å². The molecule has 16 heteroatoms. The van der Waals surface area contributed by atoms with E-state index in [2.05, 4.69) is 31.2 Å². The van der Waals surface area contributed by atoms with E-state index in [1.165, 1.54) is 18.6 Å². The first-order valence-electron chi connectivity index (χ1n) is 18.2. The lowest BCUT2D eigenvalue weighted by molar-refractivity contribution is -0.146. The fraction of sp³-hybridized carbons (Fsp3) is 0.737. The second kappa shape index (κ2) is 22.6. The molecular formula is C38H67N7O6S3. The Balaban J connectivity index is 0.00000562. The summed E-state index contributed by atoms with van der Waals surface area (Å²) in [5.41, 5.74) is -0.638. The first kappa shape index (κ1) is 51.1. The molecular weight excluding hydrogens is 747 g/mol. The van der Waals surface area contributed by atoms with Crippen LogP contribution in [-0.2, 0) is 24.0 Å². The summed E-state index contributed by atoms with van der Waals surface area (Å²) < 4.78 is 0. The van der Waals surface area contributed by atoms with Crippen LogP contribution in [0.25, 0.3) is 0 Å². The zero-order chi connectivity index (χ0) is 35.3. The Kier molecular flexibility index (Phi) is 21.4. The topological polar surface area (TPSA) is 180 Å². The van der Waals surface area contributed by atoms with E-state index >= 15 is 0 Å². The fourth-order valence-corrected chi connectivity index (χ4v) is 7.87. The number of carbonyl (C=O) groups is 6. The van der Waals surface area contributed by atoms with Gasteiger partial charge in [0.1, 0.15) is 23.8 Å². The van der Waals surface area contributed by atoms with Crippen molar-refractivity contribution in [1.82, 2.24) is 36.1 Å². The molecule has 3 saturated carbocycles. The number of hydrogen-bond donors (Lipinski definition) is 4. The second-order valence-electron chi connectivity index (χ2n) is 15.5. The monoisotopic (exact) mass is 813 g/mol. The van der Waals surface area contributed by atoms with Gasteiger partial charge in [0.25, 0.3) is 11.8 Å². The van der Waals surface area contributed by atoms with E-state index in [0.29, 0.717) is 19.4 Å². The van der Waals surface area contributed by atoms with Crippen LogP contribution in [0.1, 0.15) is 130 Å². The fourth-order valence-electron chi connectivity index (χ4n) is 7.87. The molecule has 3 aliphatic carbocycles. The highest BCUT2D eigenvalue weighted by Crippen LogP contribution is 2.43. The van der Waals surface area contributed by atoms with Gasteiger partial charge in [-0.05, 0) is 68.1 Å². The summed E-state index contributed by atoms with van der Waals surface area (Å²) in [4.78, 5) is 91.4. The maximum atomic E-state index is 14.6. The molecule has 4 fully saturated rings. The minimum absolute atomic E-state index is 0. The van der Waals surface area contributed by atoms with Gasteiger partial charge in [-0.25, -0.2) is 4.98 Å². The Morgan fingerprint density at radius 3 is 2.09 bits per heavy atom. The maximum absolute atomic E-state index is 14.6. The Hall–Kier alpha value is -2.85. The summed E-state index contributed by atoms with van der Waals surface area (Å²) in [6, 6.07) is -3.68. The first-order valence-corrected chi connectivity index (χ1v) is 18.2. The van der Waals surface area contributed by atoms with Crippen molar-refractivity contribution in [2.75, 3.05) is 6.54 Å². The number of nitrogens with one attached hydrogen (secondary N) is 4. The summed E-state index contributed by atoms with van der Waals surface area (Å²) in [6.07, 6.45) is 13.9. The number of carbonyl (C=O) groups excluding carboxylic acids is 6. The van der Waals surface area contributed by atoms with Crippen LogP contribution in [0.2, 0.25) is 0 Å². The molecule has 1 aromatic heterocycles. The summed E-state index contributed by atoms with van der Waals surface area (Å²) >= 11 is 0. The van der Waals surface area contributed by atoms with Gasteiger partial charge >= 0.3 is 0 Å². The average Bonchev–Trinajstić information content (AvgIpc) is 3.65. The molecule has 2 heterocycles. The molecule has 0 bridgehead atoms. The smallest absolute Gasteiger partial charge is 0.289 e. The van der Waals surface area contributed by atoms with Crippen LogP contribution < -0.4 is 21.3 Å². The second-order valence-corrected chi connectivity index (χ2v) is 15.5. The van der Waals surface area contributed by atoms with Crippen LogP contribution in [0.3, 0.4) is 0 Å². The third-order valence-corrected chi connectivity index (χ3v) is 10.7. The van der Waals surface area contributed by atoms with E-state index in [1.807, 2.05) is 27.7 Å². The minimum atomic E-state index is -0.994. The van der Waals surface area contributed by atoms with Crippen molar-refractivity contribution in [3.8, 4) is 0 Å². The average molecular weight is 814 g/mol. The third-order valence-electron chi connectivity index (χ3n) is 10.7. The van der Waals surface area contributed by atoms with Crippen molar-refractivity contribution >= 4 is 75.8 Å². The number of amides is 5. The largest absolute Gasteiger partial charge is 0.347 e. The molecule has 1 aliphatic heterocycles. The van der Waals surface area contributed by atoms with E-state index in [0.717, 1.165) is 64.2 Å². The SMILES string of the molecule is C.C.CCC[C@H](NC(=O)[C@H]1[C@@H]2CCC[C@@H]2CN1C(=O)[C@H](NC(=O)[C@@H](NC(=O)c1cnccn1)C1CCCCC1)C(C)(C)C)C(=O)C(=O)NC1CC1.S.S.S. The van der Waals surface area contributed by atoms with Gasteiger partial charge in [-0.3, -0.25) is 33.8 Å². The van der Waals surface area contributed by atoms with Crippen LogP contribution in [0.15, 0.2) is 18.6 Å². The number of aromatic nitrogens is 2. The van der Waals surface area contributed by atoms with Gasteiger partial charge in [0.15, 0.2) is 0 Å². The summed E-state index contributed by atoms with van der Waals surface area (Å²) in [7, 11) is 0. The highest BCUT2D eigenvalue weighted by molar-refractivity contribution is 7.59. The van der Waals surface area contributed by atoms with Gasteiger partial charge in [-0.2, -0.15) is 40.5 Å². The van der Waals surface area contributed by atoms with Gasteiger partial charge in [-0.1, -0.05) is 74.7 Å². The van der Waals surface area contributed by atoms with Gasteiger partial charge in [0, 0.05) is 25.0 Å². The predicted octanol–water partition coefficient (Wildman–Crippen LogP) is 4.06. The summed E-state index contributed by atoms with van der Waals surface area (Å²) in [5, 5.41) is 11.5. The van der Waals surface area contributed by atoms with Gasteiger partial charge in [-0.15, -0.1) is 0 Å². The minimum Gasteiger partial charge on any atom is -0.347 e. The molecule has 0 unspecified atom stereocenters. The number of rotatable bonds is 13. The zero-order valence-electron chi connectivity index (χ0n) is 30.8. The molecule has 5 amide bonds. The number of likely N-dealkylation sites (tertiary alicyclic amines) is 1. The van der Waals surface area contributed by atoms with Crippen molar-refractivity contribution in [2.45, 2.75) is 150 Å². The number of Topliss-reactive ketones (excluding diaryl/α,β-unsaturated/α-hetero) is 1. The van der Waals surface area contributed by atoms with E-state index < -0.39 is 59.0 Å². The molecule has 6 atom stereocenters. The Morgan fingerprint density at radius 2 is 1.52 bits per heavy atom. The standard InChI is InChI=1S/C36H53N7O6.2CH4.3H2S/c1-5-10-25(29(44)34(48)39-23-15-16-23)40-33(47)28-24-14-9-13-22(24)20-43(28)35(49)30(36(2,3)4)42-32(46)27(21-11-7-6-8-12-21)41-31(45)26-19-37-17-18-38-26;;;;;/h17-19,21-25,27-28,30H,5-16,20H2,1-4H3,(H,39,48)(H,40,47)(H,41,45)(H,42,46);2*1H4;3*1H2/t22-,24-,25+,27+,28-,30+;;;;;/m1...../s1. The molecule has 1 aromatic rings. The van der Waals surface area contributed by atoms with Crippen LogP contribution >= 0.6 is 40.5 Å². The van der Waals surface area contributed by atoms with Crippen LogP contribution in [0.4, 0.5) is 0 Å². The number of nitrogens with zero attached hydrogens (tertiary/aromatic N) is 3. The van der Waals surface area contributed by atoms with E-state index in [1.54, 1.807) is 4.90 Å². The normalized spacial score (nSPS) is 22.0. The number of ketones is 1. The van der Waals surface area contributed by atoms with Gasteiger partial charge < -0.3 is 26.2 Å². The summed E-state index contributed by atoms with van der Waals surface area (Å²) in [5.74, 6) is -3.20. The molecule has 13 nitrogen and oxygen atoms in total. The molecule has 1 saturated heterocycles. The first-order chi connectivity index (χ1) is 23.4. The lowest BCUT2D eigenvalue weighted by Gasteiger charge is -2.38. The number of hydrogen-bond acceptors (Lipinski definition) is 8. The highest BCUT2D eigenvalue weighted by atomic mass is 32.1. The molecule has 4 aliphatic rings.